The van der Waals surface area contributed by atoms with Crippen molar-refractivity contribution in [3.8, 4) is 0 Å². The molecule has 0 radical (unpaired) electrons. The van der Waals surface area contributed by atoms with Crippen LogP contribution in [0.3, 0.4) is 0 Å². The summed E-state index contributed by atoms with van der Waals surface area (Å²) in [6.07, 6.45) is 9.39. The van der Waals surface area contributed by atoms with Crippen molar-refractivity contribution in [3.05, 3.63) is 89.0 Å². The van der Waals surface area contributed by atoms with Crippen LogP contribution in [0.4, 0.5) is 11.4 Å². The van der Waals surface area contributed by atoms with Gasteiger partial charge in [0.05, 0.1) is 23.1 Å². The summed E-state index contributed by atoms with van der Waals surface area (Å²) in [4.78, 5) is 21.2. The number of pyridine rings is 2. The Hall–Kier alpha value is -3.47. The van der Waals surface area contributed by atoms with Gasteiger partial charge >= 0.3 is 0 Å². The third-order valence-corrected chi connectivity index (χ3v) is 4.92. The van der Waals surface area contributed by atoms with Crippen molar-refractivity contribution in [2.45, 2.75) is 54.5 Å². The average molecular weight is 445 g/mol. The molecular weight excluding hydrogens is 408 g/mol. The van der Waals surface area contributed by atoms with Crippen molar-refractivity contribution in [2.24, 2.45) is 5.92 Å². The van der Waals surface area contributed by atoms with Crippen molar-refractivity contribution in [3.63, 3.8) is 0 Å². The third kappa shape index (κ3) is 7.86. The van der Waals surface area contributed by atoms with Gasteiger partial charge in [-0.25, -0.2) is 0 Å². The maximum atomic E-state index is 12.5. The lowest BCUT2D eigenvalue weighted by atomic mass is 10.1. The van der Waals surface area contributed by atoms with E-state index < -0.39 is 0 Å². The standard InChI is InChI=1S/C26H30N4O.C2H6/c1-17(2)9-10-25-19(4)12-24(16-28-25)29-20(5)21-7-6-8-23(13-21)30-26(31)22-11-18(3)14-27-15-22;1-2/h6-17,20,29H,1-5H3,(H,30,31);1-2H3/b10-9-;. The van der Waals surface area contributed by atoms with E-state index in [1.54, 1.807) is 12.4 Å². The molecule has 0 fully saturated rings. The number of nitrogens with zero attached hydrogens (tertiary/aromatic N) is 2. The first-order valence-corrected chi connectivity index (χ1v) is 11.6. The highest BCUT2D eigenvalue weighted by molar-refractivity contribution is 6.04. The molecule has 0 saturated carbocycles. The molecule has 0 aliphatic carbocycles. The number of benzene rings is 1. The first-order valence-electron chi connectivity index (χ1n) is 11.6. The van der Waals surface area contributed by atoms with Crippen LogP contribution in [0.2, 0.25) is 0 Å². The van der Waals surface area contributed by atoms with E-state index in [1.165, 1.54) is 0 Å². The van der Waals surface area contributed by atoms with Gasteiger partial charge in [-0.1, -0.05) is 45.9 Å². The minimum Gasteiger partial charge on any atom is -0.377 e. The van der Waals surface area contributed by atoms with Gasteiger partial charge in [0.1, 0.15) is 0 Å². The van der Waals surface area contributed by atoms with Gasteiger partial charge in [-0.3, -0.25) is 14.8 Å². The van der Waals surface area contributed by atoms with E-state index in [-0.39, 0.29) is 11.9 Å². The average Bonchev–Trinajstić information content (AvgIpc) is 2.80. The molecule has 2 N–H and O–H groups in total. The highest BCUT2D eigenvalue weighted by atomic mass is 16.1. The zero-order valence-corrected chi connectivity index (χ0v) is 20.8. The predicted octanol–water partition coefficient (Wildman–Crippen LogP) is 7.21. The summed E-state index contributed by atoms with van der Waals surface area (Å²) in [6, 6.07) is 11.8. The number of aryl methyl sites for hydroxylation is 2. The van der Waals surface area contributed by atoms with Crippen LogP contribution in [0.5, 0.6) is 0 Å². The number of allylic oxidation sites excluding steroid dienone is 1. The van der Waals surface area contributed by atoms with Gasteiger partial charge in [0.2, 0.25) is 0 Å². The Morgan fingerprint density at radius 3 is 2.39 bits per heavy atom. The van der Waals surface area contributed by atoms with Gasteiger partial charge < -0.3 is 10.6 Å². The lowest BCUT2D eigenvalue weighted by Crippen LogP contribution is -2.13. The molecule has 2 heterocycles. The molecule has 33 heavy (non-hydrogen) atoms. The quantitative estimate of drug-likeness (QED) is 0.404. The SMILES string of the molecule is CC.Cc1cncc(C(=O)Nc2cccc(C(C)Nc3cnc(/C=C\C(C)C)c(C)c3)c2)c1. The summed E-state index contributed by atoms with van der Waals surface area (Å²) >= 11 is 0. The van der Waals surface area contributed by atoms with E-state index in [0.29, 0.717) is 11.5 Å². The van der Waals surface area contributed by atoms with E-state index >= 15 is 0 Å². The van der Waals surface area contributed by atoms with Crippen LogP contribution >= 0.6 is 0 Å². The number of amides is 1. The van der Waals surface area contributed by atoms with Gasteiger partial charge in [-0.2, -0.15) is 0 Å². The van der Waals surface area contributed by atoms with Crippen LogP contribution in [0.25, 0.3) is 6.08 Å². The van der Waals surface area contributed by atoms with Crippen molar-refractivity contribution in [2.75, 3.05) is 10.6 Å². The molecule has 3 rings (SSSR count). The van der Waals surface area contributed by atoms with Crippen molar-refractivity contribution >= 4 is 23.4 Å². The molecule has 1 unspecified atom stereocenters. The minimum atomic E-state index is -0.168. The lowest BCUT2D eigenvalue weighted by molar-refractivity contribution is 0.102. The van der Waals surface area contributed by atoms with Gasteiger partial charge in [0, 0.05) is 24.1 Å². The van der Waals surface area contributed by atoms with Crippen LogP contribution in [-0.2, 0) is 0 Å². The number of carbonyl (C=O) groups excluding carboxylic acids is 1. The highest BCUT2D eigenvalue weighted by Gasteiger charge is 2.10. The van der Waals surface area contributed by atoms with Crippen molar-refractivity contribution < 1.29 is 4.79 Å². The Balaban J connectivity index is 0.00000187. The predicted molar refractivity (Wildman–Crippen MR) is 140 cm³/mol. The lowest BCUT2D eigenvalue weighted by Gasteiger charge is -2.17. The largest absolute Gasteiger partial charge is 0.377 e. The summed E-state index contributed by atoms with van der Waals surface area (Å²) in [5.41, 5.74) is 6.40. The fraction of sp³-hybridized carbons (Fsp3) is 0.321. The Bertz CT molecular complexity index is 1090. The second kappa shape index (κ2) is 12.5. The molecule has 0 spiro atoms. The molecule has 0 bridgehead atoms. The fourth-order valence-electron chi connectivity index (χ4n) is 3.22. The molecule has 0 aliphatic heterocycles. The number of nitrogens with one attached hydrogen (secondary N) is 2. The van der Waals surface area contributed by atoms with Crippen LogP contribution in [-0.4, -0.2) is 15.9 Å². The van der Waals surface area contributed by atoms with E-state index in [0.717, 1.165) is 33.8 Å². The molecule has 1 amide bonds. The van der Waals surface area contributed by atoms with Crippen LogP contribution in [0, 0.1) is 19.8 Å². The zero-order chi connectivity index (χ0) is 24.4. The Labute approximate surface area is 198 Å². The summed E-state index contributed by atoms with van der Waals surface area (Å²) in [7, 11) is 0. The summed E-state index contributed by atoms with van der Waals surface area (Å²) in [6.45, 7) is 14.4. The molecule has 3 aromatic rings. The summed E-state index contributed by atoms with van der Waals surface area (Å²) in [5.74, 6) is 0.327. The highest BCUT2D eigenvalue weighted by Crippen LogP contribution is 2.23. The molecule has 2 aromatic heterocycles. The Morgan fingerprint density at radius 1 is 0.970 bits per heavy atom. The maximum Gasteiger partial charge on any atom is 0.257 e. The number of carbonyl (C=O) groups is 1. The number of anilines is 2. The van der Waals surface area contributed by atoms with E-state index in [2.05, 4.69) is 66.5 Å². The van der Waals surface area contributed by atoms with E-state index in [1.807, 2.05) is 57.3 Å². The first-order chi connectivity index (χ1) is 15.8. The smallest absolute Gasteiger partial charge is 0.257 e. The van der Waals surface area contributed by atoms with Crippen LogP contribution in [0.15, 0.2) is 61.1 Å². The maximum absolute atomic E-state index is 12.5. The fourth-order valence-corrected chi connectivity index (χ4v) is 3.22. The Morgan fingerprint density at radius 2 is 1.73 bits per heavy atom. The normalized spacial score (nSPS) is 11.6. The molecule has 0 saturated heterocycles. The molecular formula is C28H36N4O. The second-order valence-corrected chi connectivity index (χ2v) is 8.23. The van der Waals surface area contributed by atoms with Gasteiger partial charge in [-0.15, -0.1) is 0 Å². The number of rotatable bonds is 7. The minimum absolute atomic E-state index is 0.0516. The van der Waals surface area contributed by atoms with Crippen molar-refractivity contribution in [1.82, 2.24) is 9.97 Å². The second-order valence-electron chi connectivity index (χ2n) is 8.23. The summed E-state index contributed by atoms with van der Waals surface area (Å²) in [5, 5.41) is 6.46. The number of hydrogen-bond donors (Lipinski definition) is 2. The topological polar surface area (TPSA) is 66.9 Å². The van der Waals surface area contributed by atoms with Crippen LogP contribution < -0.4 is 10.6 Å². The summed E-state index contributed by atoms with van der Waals surface area (Å²) < 4.78 is 0. The van der Waals surface area contributed by atoms with Crippen LogP contribution in [0.1, 0.15) is 73.4 Å². The zero-order valence-electron chi connectivity index (χ0n) is 20.8. The third-order valence-electron chi connectivity index (χ3n) is 4.92. The molecule has 1 atom stereocenters. The number of hydrogen-bond acceptors (Lipinski definition) is 4. The molecule has 174 valence electrons. The molecule has 5 heteroatoms. The molecule has 1 aromatic carbocycles. The van der Waals surface area contributed by atoms with Gasteiger partial charge in [-0.05, 0) is 73.7 Å². The van der Waals surface area contributed by atoms with Crippen molar-refractivity contribution in [1.29, 1.82) is 0 Å². The van der Waals surface area contributed by atoms with E-state index in [4.69, 9.17) is 0 Å². The van der Waals surface area contributed by atoms with Gasteiger partial charge in [0.15, 0.2) is 0 Å². The number of aromatic nitrogens is 2. The monoisotopic (exact) mass is 444 g/mol. The van der Waals surface area contributed by atoms with E-state index in [9.17, 15) is 4.79 Å². The first kappa shape index (κ1) is 25.8. The Kier molecular flexibility index (Phi) is 9.80. The molecule has 5 nitrogen and oxygen atoms in total. The molecule has 0 aliphatic rings. The van der Waals surface area contributed by atoms with Gasteiger partial charge in [0.25, 0.3) is 5.91 Å².